The van der Waals surface area contributed by atoms with E-state index in [2.05, 4.69) is 42.6 Å². The minimum Gasteiger partial charge on any atom is -0.330 e. The summed E-state index contributed by atoms with van der Waals surface area (Å²) >= 11 is 0. The Kier molecular flexibility index (Phi) is 4.10. The fourth-order valence-electron chi connectivity index (χ4n) is 3.05. The predicted molar refractivity (Wildman–Crippen MR) is 75.5 cm³/mol. The van der Waals surface area contributed by atoms with Crippen molar-refractivity contribution in [2.45, 2.75) is 72.0 Å². The Morgan fingerprint density at radius 1 is 1.44 bits per heavy atom. The van der Waals surface area contributed by atoms with Crippen LogP contribution in [0.25, 0.3) is 0 Å². The summed E-state index contributed by atoms with van der Waals surface area (Å²) in [7, 11) is 0. The third kappa shape index (κ3) is 2.94. The molecule has 1 fully saturated rings. The van der Waals surface area contributed by atoms with Crippen LogP contribution in [0.5, 0.6) is 0 Å². The van der Waals surface area contributed by atoms with Gasteiger partial charge >= 0.3 is 0 Å². The van der Waals surface area contributed by atoms with Crippen molar-refractivity contribution < 1.29 is 0 Å². The molecule has 0 amide bonds. The number of nitrogens with zero attached hydrogens (tertiary/aromatic N) is 2. The number of hydrogen-bond donors (Lipinski definition) is 1. The molecule has 1 heterocycles. The lowest BCUT2D eigenvalue weighted by Gasteiger charge is -2.40. The molecular formula is C15H27N3. The molecule has 1 N–H and O–H groups in total. The Hall–Kier alpha value is -0.830. The molecule has 1 aromatic rings. The number of rotatable bonds is 4. The van der Waals surface area contributed by atoms with Crippen LogP contribution in [-0.2, 0) is 6.54 Å². The second kappa shape index (κ2) is 5.43. The first kappa shape index (κ1) is 13.6. The molecule has 0 radical (unpaired) electrons. The molecule has 1 atom stereocenters. The highest BCUT2D eigenvalue weighted by atomic mass is 15.1. The SMILES string of the molecule is CC(C)NCc1cncn1C1CCCCC1(C)C. The van der Waals surface area contributed by atoms with Crippen LogP contribution in [0.4, 0.5) is 0 Å². The highest BCUT2D eigenvalue weighted by molar-refractivity contribution is 5.03. The summed E-state index contributed by atoms with van der Waals surface area (Å²) in [6, 6.07) is 1.13. The molecule has 102 valence electrons. The Morgan fingerprint density at radius 3 is 2.89 bits per heavy atom. The van der Waals surface area contributed by atoms with Crippen molar-refractivity contribution in [2.75, 3.05) is 0 Å². The van der Waals surface area contributed by atoms with Gasteiger partial charge in [-0.1, -0.05) is 40.5 Å². The second-order valence-corrected chi connectivity index (χ2v) is 6.58. The zero-order chi connectivity index (χ0) is 13.2. The van der Waals surface area contributed by atoms with Gasteiger partial charge in [0, 0.05) is 24.8 Å². The average Bonchev–Trinajstić information content (AvgIpc) is 2.73. The molecular weight excluding hydrogens is 222 g/mol. The van der Waals surface area contributed by atoms with Crippen molar-refractivity contribution in [3.63, 3.8) is 0 Å². The van der Waals surface area contributed by atoms with Gasteiger partial charge in [-0.2, -0.15) is 0 Å². The minimum atomic E-state index is 0.394. The Bertz CT molecular complexity index is 379. The van der Waals surface area contributed by atoms with Crippen LogP contribution in [0.2, 0.25) is 0 Å². The number of hydrogen-bond acceptors (Lipinski definition) is 2. The first-order valence-electron chi connectivity index (χ1n) is 7.25. The normalized spacial score (nSPS) is 23.5. The summed E-state index contributed by atoms with van der Waals surface area (Å²) in [6.45, 7) is 10.1. The maximum absolute atomic E-state index is 4.36. The fourth-order valence-corrected chi connectivity index (χ4v) is 3.05. The Labute approximate surface area is 111 Å². The lowest BCUT2D eigenvalue weighted by molar-refractivity contribution is 0.141. The number of nitrogens with one attached hydrogen (secondary N) is 1. The van der Waals surface area contributed by atoms with Gasteiger partial charge in [-0.15, -0.1) is 0 Å². The van der Waals surface area contributed by atoms with E-state index in [0.29, 0.717) is 17.5 Å². The molecule has 0 spiro atoms. The summed E-state index contributed by atoms with van der Waals surface area (Å²) < 4.78 is 2.41. The van der Waals surface area contributed by atoms with Crippen molar-refractivity contribution in [1.82, 2.24) is 14.9 Å². The van der Waals surface area contributed by atoms with Crippen LogP contribution >= 0.6 is 0 Å². The molecule has 3 nitrogen and oxygen atoms in total. The topological polar surface area (TPSA) is 29.9 Å². The van der Waals surface area contributed by atoms with Crippen LogP contribution in [0.1, 0.15) is 65.1 Å². The smallest absolute Gasteiger partial charge is 0.0951 e. The minimum absolute atomic E-state index is 0.394. The zero-order valence-corrected chi connectivity index (χ0v) is 12.2. The van der Waals surface area contributed by atoms with E-state index in [9.17, 15) is 0 Å². The van der Waals surface area contributed by atoms with E-state index in [4.69, 9.17) is 0 Å². The Balaban J connectivity index is 2.14. The van der Waals surface area contributed by atoms with Crippen LogP contribution in [-0.4, -0.2) is 15.6 Å². The van der Waals surface area contributed by atoms with Gasteiger partial charge in [0.25, 0.3) is 0 Å². The predicted octanol–water partition coefficient (Wildman–Crippen LogP) is 3.52. The van der Waals surface area contributed by atoms with Gasteiger partial charge in [-0.3, -0.25) is 0 Å². The first-order chi connectivity index (χ1) is 8.50. The summed E-state index contributed by atoms with van der Waals surface area (Å²) in [4.78, 5) is 4.36. The van der Waals surface area contributed by atoms with Gasteiger partial charge in [0.15, 0.2) is 0 Å². The summed E-state index contributed by atoms with van der Waals surface area (Å²) in [5, 5.41) is 3.49. The lowest BCUT2D eigenvalue weighted by Crippen LogP contribution is -2.32. The van der Waals surface area contributed by atoms with E-state index in [0.717, 1.165) is 6.54 Å². The molecule has 1 unspecified atom stereocenters. The maximum Gasteiger partial charge on any atom is 0.0951 e. The van der Waals surface area contributed by atoms with E-state index < -0.39 is 0 Å². The van der Waals surface area contributed by atoms with Crippen molar-refractivity contribution in [2.24, 2.45) is 5.41 Å². The van der Waals surface area contributed by atoms with Crippen molar-refractivity contribution in [1.29, 1.82) is 0 Å². The zero-order valence-electron chi connectivity index (χ0n) is 12.2. The van der Waals surface area contributed by atoms with Crippen LogP contribution in [0, 0.1) is 5.41 Å². The summed E-state index contributed by atoms with van der Waals surface area (Å²) in [6.07, 6.45) is 9.38. The van der Waals surface area contributed by atoms with Gasteiger partial charge in [-0.25, -0.2) is 4.98 Å². The largest absolute Gasteiger partial charge is 0.330 e. The van der Waals surface area contributed by atoms with Crippen LogP contribution in [0.3, 0.4) is 0 Å². The van der Waals surface area contributed by atoms with E-state index in [1.54, 1.807) is 0 Å². The van der Waals surface area contributed by atoms with Gasteiger partial charge in [0.2, 0.25) is 0 Å². The summed E-state index contributed by atoms with van der Waals surface area (Å²) in [5.74, 6) is 0. The second-order valence-electron chi connectivity index (χ2n) is 6.58. The molecule has 3 heteroatoms. The van der Waals surface area contributed by atoms with E-state index in [1.165, 1.54) is 31.4 Å². The summed E-state index contributed by atoms with van der Waals surface area (Å²) in [5.41, 5.74) is 1.72. The fraction of sp³-hybridized carbons (Fsp3) is 0.800. The van der Waals surface area contributed by atoms with E-state index in [-0.39, 0.29) is 0 Å². The maximum atomic E-state index is 4.36. The Morgan fingerprint density at radius 2 is 2.22 bits per heavy atom. The molecule has 1 aliphatic carbocycles. The lowest BCUT2D eigenvalue weighted by atomic mass is 9.73. The molecule has 0 saturated heterocycles. The van der Waals surface area contributed by atoms with Crippen molar-refractivity contribution in [3.8, 4) is 0 Å². The molecule has 1 aromatic heterocycles. The number of imidazole rings is 1. The molecule has 18 heavy (non-hydrogen) atoms. The monoisotopic (exact) mass is 249 g/mol. The third-order valence-electron chi connectivity index (χ3n) is 4.22. The average molecular weight is 249 g/mol. The molecule has 1 saturated carbocycles. The first-order valence-corrected chi connectivity index (χ1v) is 7.25. The van der Waals surface area contributed by atoms with Gasteiger partial charge in [-0.05, 0) is 18.3 Å². The van der Waals surface area contributed by atoms with Crippen LogP contribution < -0.4 is 5.32 Å². The highest BCUT2D eigenvalue weighted by Gasteiger charge is 2.34. The standard InChI is InChI=1S/C15H27N3/c1-12(2)17-10-13-9-16-11-18(13)14-7-5-6-8-15(14,3)4/h9,11-12,14,17H,5-8,10H2,1-4H3. The van der Waals surface area contributed by atoms with Crippen LogP contribution in [0.15, 0.2) is 12.5 Å². The van der Waals surface area contributed by atoms with Gasteiger partial charge < -0.3 is 9.88 Å². The third-order valence-corrected chi connectivity index (χ3v) is 4.22. The molecule has 0 bridgehead atoms. The highest BCUT2D eigenvalue weighted by Crippen LogP contribution is 2.44. The molecule has 1 aliphatic rings. The van der Waals surface area contributed by atoms with Gasteiger partial charge in [0.05, 0.1) is 12.0 Å². The van der Waals surface area contributed by atoms with Crippen molar-refractivity contribution >= 4 is 0 Å². The van der Waals surface area contributed by atoms with Gasteiger partial charge in [0.1, 0.15) is 0 Å². The number of aromatic nitrogens is 2. The quantitative estimate of drug-likeness (QED) is 0.884. The van der Waals surface area contributed by atoms with E-state index in [1.807, 2.05) is 12.5 Å². The molecule has 0 aromatic carbocycles. The van der Waals surface area contributed by atoms with Crippen molar-refractivity contribution in [3.05, 3.63) is 18.2 Å². The molecule has 0 aliphatic heterocycles. The van der Waals surface area contributed by atoms with E-state index >= 15 is 0 Å². The molecule has 2 rings (SSSR count).